The number of likely N-dealkylation sites (N-methyl/N-ethyl adjacent to an activating group) is 1. The van der Waals surface area contributed by atoms with E-state index < -0.39 is 0 Å². The smallest absolute Gasteiger partial charge is 0.249 e. The maximum Gasteiger partial charge on any atom is 0.249 e. The lowest BCUT2D eigenvalue weighted by Gasteiger charge is -2.30. The molecule has 4 nitrogen and oxygen atoms in total. The van der Waals surface area contributed by atoms with Gasteiger partial charge >= 0.3 is 0 Å². The highest BCUT2D eigenvalue weighted by molar-refractivity contribution is 5.94. The number of hydrogen-bond donors (Lipinski definition) is 1. The Morgan fingerprint density at radius 2 is 2.19 bits per heavy atom. The average Bonchev–Trinajstić information content (AvgIpc) is 2.16. The topological polar surface area (TPSA) is 41.6 Å². The molecule has 1 atom stereocenters. The van der Waals surface area contributed by atoms with Gasteiger partial charge < -0.3 is 15.0 Å². The van der Waals surface area contributed by atoms with Gasteiger partial charge in [-0.15, -0.1) is 0 Å². The molecule has 1 saturated heterocycles. The minimum absolute atomic E-state index is 0.131. The summed E-state index contributed by atoms with van der Waals surface area (Å²) < 4.78 is 5.09. The first kappa shape index (κ1) is 13.2. The van der Waals surface area contributed by atoms with Gasteiger partial charge in [0.25, 0.3) is 0 Å². The van der Waals surface area contributed by atoms with Gasteiger partial charge in [0, 0.05) is 32.3 Å². The van der Waals surface area contributed by atoms with Gasteiger partial charge in [-0.2, -0.15) is 0 Å². The SMILES string of the molecule is CCN(C(=O)C(C)=C1CNC1)C(C)COC. The second kappa shape index (κ2) is 6.01. The largest absolute Gasteiger partial charge is 0.383 e. The molecule has 1 aliphatic heterocycles. The predicted octanol–water partition coefficient (Wildman–Crippen LogP) is 0.790. The lowest BCUT2D eigenvalue weighted by atomic mass is 10.0. The summed E-state index contributed by atoms with van der Waals surface area (Å²) in [7, 11) is 1.66. The highest BCUT2D eigenvalue weighted by atomic mass is 16.5. The monoisotopic (exact) mass is 226 g/mol. The Labute approximate surface area is 97.6 Å². The number of nitrogens with zero attached hydrogens (tertiary/aromatic N) is 1. The van der Waals surface area contributed by atoms with Gasteiger partial charge in [-0.1, -0.05) is 0 Å². The Morgan fingerprint density at radius 3 is 2.56 bits per heavy atom. The van der Waals surface area contributed by atoms with Crippen LogP contribution in [0.15, 0.2) is 11.1 Å². The fourth-order valence-electron chi connectivity index (χ4n) is 1.87. The van der Waals surface area contributed by atoms with Crippen LogP contribution in [-0.4, -0.2) is 50.2 Å². The van der Waals surface area contributed by atoms with E-state index in [1.54, 1.807) is 7.11 Å². The molecule has 92 valence electrons. The first-order valence-corrected chi connectivity index (χ1v) is 5.81. The van der Waals surface area contributed by atoms with E-state index in [2.05, 4.69) is 5.32 Å². The number of rotatable bonds is 5. The zero-order chi connectivity index (χ0) is 12.1. The molecule has 1 unspecified atom stereocenters. The summed E-state index contributed by atoms with van der Waals surface area (Å²) in [6.45, 7) is 8.95. The predicted molar refractivity (Wildman–Crippen MR) is 64.3 cm³/mol. The number of amides is 1. The summed E-state index contributed by atoms with van der Waals surface area (Å²) in [5.41, 5.74) is 2.12. The maximum absolute atomic E-state index is 12.2. The normalized spacial score (nSPS) is 16.6. The lowest BCUT2D eigenvalue weighted by Crippen LogP contribution is -2.43. The van der Waals surface area contributed by atoms with Gasteiger partial charge in [-0.3, -0.25) is 4.79 Å². The molecule has 4 heteroatoms. The molecular weight excluding hydrogens is 204 g/mol. The van der Waals surface area contributed by atoms with E-state index in [0.717, 1.165) is 25.2 Å². The van der Waals surface area contributed by atoms with E-state index in [-0.39, 0.29) is 11.9 Å². The Bertz CT molecular complexity index is 281. The molecule has 0 bridgehead atoms. The van der Waals surface area contributed by atoms with Crippen LogP contribution in [0.4, 0.5) is 0 Å². The van der Waals surface area contributed by atoms with Gasteiger partial charge in [0.15, 0.2) is 0 Å². The summed E-state index contributed by atoms with van der Waals surface area (Å²) >= 11 is 0. The van der Waals surface area contributed by atoms with Crippen molar-refractivity contribution in [2.75, 3.05) is 33.4 Å². The molecule has 1 heterocycles. The van der Waals surface area contributed by atoms with Crippen LogP contribution in [0.25, 0.3) is 0 Å². The standard InChI is InChI=1S/C12H22N2O2/c1-5-14(9(2)8-16-4)12(15)10(3)11-6-13-7-11/h9,13H,5-8H2,1-4H3. The number of carbonyl (C=O) groups is 1. The summed E-state index contributed by atoms with van der Waals surface area (Å²) in [5.74, 6) is 0.142. The number of carbonyl (C=O) groups excluding carboxylic acids is 1. The molecule has 16 heavy (non-hydrogen) atoms. The molecular formula is C12H22N2O2. The second-order valence-corrected chi connectivity index (χ2v) is 4.23. The first-order valence-electron chi connectivity index (χ1n) is 5.81. The molecule has 0 saturated carbocycles. The van der Waals surface area contributed by atoms with Gasteiger partial charge in [0.05, 0.1) is 12.6 Å². The van der Waals surface area contributed by atoms with Crippen LogP contribution in [0.5, 0.6) is 0 Å². The Balaban J connectivity index is 2.68. The van der Waals surface area contributed by atoms with Gasteiger partial charge in [0.2, 0.25) is 5.91 Å². The summed E-state index contributed by atoms with van der Waals surface area (Å²) in [6.07, 6.45) is 0. The number of nitrogens with one attached hydrogen (secondary N) is 1. The van der Waals surface area contributed by atoms with E-state index in [0.29, 0.717) is 6.61 Å². The highest BCUT2D eigenvalue weighted by Crippen LogP contribution is 2.13. The van der Waals surface area contributed by atoms with Crippen molar-refractivity contribution in [1.29, 1.82) is 0 Å². The fourth-order valence-corrected chi connectivity index (χ4v) is 1.87. The van der Waals surface area contributed by atoms with E-state index in [1.807, 2.05) is 25.7 Å². The molecule has 0 spiro atoms. The van der Waals surface area contributed by atoms with E-state index in [1.165, 1.54) is 5.57 Å². The number of methoxy groups -OCH3 is 1. The highest BCUT2D eigenvalue weighted by Gasteiger charge is 2.23. The van der Waals surface area contributed by atoms with Crippen molar-refractivity contribution in [3.8, 4) is 0 Å². The quantitative estimate of drug-likeness (QED) is 0.705. The molecule has 1 aliphatic rings. The Kier molecular flexibility index (Phi) is 4.96. The molecule has 0 aliphatic carbocycles. The van der Waals surface area contributed by atoms with Gasteiger partial charge in [0.1, 0.15) is 0 Å². The maximum atomic E-state index is 12.2. The molecule has 0 aromatic rings. The fraction of sp³-hybridized carbons (Fsp3) is 0.750. The average molecular weight is 226 g/mol. The van der Waals surface area contributed by atoms with Crippen molar-refractivity contribution in [2.24, 2.45) is 0 Å². The van der Waals surface area contributed by atoms with E-state index in [4.69, 9.17) is 4.74 Å². The molecule has 0 aromatic carbocycles. The van der Waals surface area contributed by atoms with Crippen molar-refractivity contribution in [1.82, 2.24) is 10.2 Å². The third-order valence-corrected chi connectivity index (χ3v) is 3.07. The number of ether oxygens (including phenoxy) is 1. The van der Waals surface area contributed by atoms with E-state index in [9.17, 15) is 4.79 Å². The molecule has 1 N–H and O–H groups in total. The van der Waals surface area contributed by atoms with Crippen molar-refractivity contribution < 1.29 is 9.53 Å². The number of hydrogen-bond acceptors (Lipinski definition) is 3. The van der Waals surface area contributed by atoms with Crippen LogP contribution < -0.4 is 5.32 Å². The van der Waals surface area contributed by atoms with Crippen molar-refractivity contribution >= 4 is 5.91 Å². The van der Waals surface area contributed by atoms with E-state index >= 15 is 0 Å². The molecule has 1 rings (SSSR count). The van der Waals surface area contributed by atoms with Crippen LogP contribution in [-0.2, 0) is 9.53 Å². The van der Waals surface area contributed by atoms with Crippen molar-refractivity contribution in [2.45, 2.75) is 26.8 Å². The molecule has 1 amide bonds. The van der Waals surface area contributed by atoms with Crippen molar-refractivity contribution in [3.63, 3.8) is 0 Å². The lowest BCUT2D eigenvalue weighted by molar-refractivity contribution is -0.129. The molecule has 0 aromatic heterocycles. The molecule has 0 radical (unpaired) electrons. The summed E-state index contributed by atoms with van der Waals surface area (Å²) in [5, 5.41) is 3.16. The first-order chi connectivity index (χ1) is 7.61. The Morgan fingerprint density at radius 1 is 1.56 bits per heavy atom. The summed E-state index contributed by atoms with van der Waals surface area (Å²) in [4.78, 5) is 14.1. The summed E-state index contributed by atoms with van der Waals surface area (Å²) in [6, 6.07) is 0.131. The minimum Gasteiger partial charge on any atom is -0.383 e. The Hall–Kier alpha value is -0.870. The van der Waals surface area contributed by atoms with Crippen LogP contribution in [0.2, 0.25) is 0 Å². The van der Waals surface area contributed by atoms with Crippen LogP contribution in [0, 0.1) is 0 Å². The van der Waals surface area contributed by atoms with Crippen LogP contribution in [0.1, 0.15) is 20.8 Å². The zero-order valence-electron chi connectivity index (χ0n) is 10.7. The van der Waals surface area contributed by atoms with Gasteiger partial charge in [-0.25, -0.2) is 0 Å². The van der Waals surface area contributed by atoms with Crippen molar-refractivity contribution in [3.05, 3.63) is 11.1 Å². The third-order valence-electron chi connectivity index (χ3n) is 3.07. The van der Waals surface area contributed by atoms with Gasteiger partial charge in [-0.05, 0) is 26.3 Å². The zero-order valence-corrected chi connectivity index (χ0v) is 10.7. The van der Waals surface area contributed by atoms with Crippen LogP contribution >= 0.6 is 0 Å². The second-order valence-electron chi connectivity index (χ2n) is 4.23. The third kappa shape index (κ3) is 2.83. The minimum atomic E-state index is 0.131. The van der Waals surface area contributed by atoms with Crippen LogP contribution in [0.3, 0.4) is 0 Å². The molecule has 1 fully saturated rings.